The third-order valence-corrected chi connectivity index (χ3v) is 2.84. The van der Waals surface area contributed by atoms with E-state index in [9.17, 15) is 9.59 Å². The first-order valence-electron chi connectivity index (χ1n) is 6.72. The Labute approximate surface area is 124 Å². The average Bonchev–Trinajstić information content (AvgIpc) is 2.43. The largest absolute Gasteiger partial charge is 0.385 e. The van der Waals surface area contributed by atoms with Crippen LogP contribution in [0.1, 0.15) is 24.9 Å². The first-order chi connectivity index (χ1) is 10.0. The van der Waals surface area contributed by atoms with E-state index in [1.165, 1.54) is 0 Å². The van der Waals surface area contributed by atoms with Crippen LogP contribution in [0.15, 0.2) is 24.3 Å². The lowest BCUT2D eigenvalue weighted by Crippen LogP contribution is -2.37. The Morgan fingerprint density at radius 3 is 2.52 bits per heavy atom. The van der Waals surface area contributed by atoms with Crippen molar-refractivity contribution in [3.05, 3.63) is 29.8 Å². The van der Waals surface area contributed by atoms with E-state index in [0.717, 1.165) is 12.0 Å². The molecule has 21 heavy (non-hydrogen) atoms. The molecule has 7 heteroatoms. The summed E-state index contributed by atoms with van der Waals surface area (Å²) >= 11 is 0. The van der Waals surface area contributed by atoms with Crippen LogP contribution in [0.2, 0.25) is 0 Å². The van der Waals surface area contributed by atoms with Crippen LogP contribution in [0.3, 0.4) is 0 Å². The molecule has 4 amide bonds. The van der Waals surface area contributed by atoms with Gasteiger partial charge in [-0.05, 0) is 31.0 Å². The van der Waals surface area contributed by atoms with Gasteiger partial charge in [-0.2, -0.15) is 0 Å². The van der Waals surface area contributed by atoms with Gasteiger partial charge in [-0.25, -0.2) is 9.59 Å². The summed E-state index contributed by atoms with van der Waals surface area (Å²) in [5.74, 6) is 0. The number of carbonyl (C=O) groups excluding carboxylic acids is 2. The van der Waals surface area contributed by atoms with E-state index in [1.807, 2.05) is 19.1 Å². The Kier molecular flexibility index (Phi) is 7.03. The molecule has 7 nitrogen and oxygen atoms in total. The number of hydrogen-bond acceptors (Lipinski definition) is 3. The van der Waals surface area contributed by atoms with E-state index in [0.29, 0.717) is 18.8 Å². The highest BCUT2D eigenvalue weighted by molar-refractivity contribution is 5.87. The smallest absolute Gasteiger partial charge is 0.316 e. The van der Waals surface area contributed by atoms with Crippen molar-refractivity contribution in [2.75, 3.05) is 25.6 Å². The number of primary amides is 1. The van der Waals surface area contributed by atoms with Gasteiger partial charge in [-0.15, -0.1) is 0 Å². The first-order valence-corrected chi connectivity index (χ1v) is 6.72. The van der Waals surface area contributed by atoms with Gasteiger partial charge in [-0.1, -0.05) is 12.1 Å². The topological polar surface area (TPSA) is 105 Å². The highest BCUT2D eigenvalue weighted by Gasteiger charge is 2.09. The SMILES string of the molecule is COCCCNC(=O)N[C@@H](C)c1ccc(NC(N)=O)cc1. The minimum atomic E-state index is -0.607. The van der Waals surface area contributed by atoms with Crippen LogP contribution in [0, 0.1) is 0 Å². The minimum Gasteiger partial charge on any atom is -0.385 e. The van der Waals surface area contributed by atoms with Gasteiger partial charge in [0.15, 0.2) is 0 Å². The predicted molar refractivity (Wildman–Crippen MR) is 81.1 cm³/mol. The normalized spacial score (nSPS) is 11.5. The summed E-state index contributed by atoms with van der Waals surface area (Å²) in [6, 6.07) is 6.13. The van der Waals surface area contributed by atoms with Gasteiger partial charge in [0.2, 0.25) is 0 Å². The molecule has 0 aromatic heterocycles. The molecule has 1 aromatic rings. The number of benzene rings is 1. The second-order valence-corrected chi connectivity index (χ2v) is 4.58. The maximum absolute atomic E-state index is 11.7. The molecule has 0 saturated heterocycles. The molecular weight excluding hydrogens is 272 g/mol. The number of hydrogen-bond donors (Lipinski definition) is 4. The number of anilines is 1. The summed E-state index contributed by atoms with van der Waals surface area (Å²) in [6.45, 7) is 3.06. The molecule has 0 spiro atoms. The molecule has 0 radical (unpaired) electrons. The van der Waals surface area contributed by atoms with Crippen molar-refractivity contribution in [3.63, 3.8) is 0 Å². The van der Waals surface area contributed by atoms with E-state index in [-0.39, 0.29) is 12.1 Å². The van der Waals surface area contributed by atoms with Crippen molar-refractivity contribution in [3.8, 4) is 0 Å². The lowest BCUT2D eigenvalue weighted by molar-refractivity contribution is 0.193. The summed E-state index contributed by atoms with van der Waals surface area (Å²) in [4.78, 5) is 22.4. The Morgan fingerprint density at radius 1 is 1.29 bits per heavy atom. The van der Waals surface area contributed by atoms with Crippen molar-refractivity contribution in [2.24, 2.45) is 5.73 Å². The molecule has 116 valence electrons. The van der Waals surface area contributed by atoms with Crippen molar-refractivity contribution in [2.45, 2.75) is 19.4 Å². The van der Waals surface area contributed by atoms with Gasteiger partial charge in [-0.3, -0.25) is 0 Å². The number of nitrogens with one attached hydrogen (secondary N) is 3. The van der Waals surface area contributed by atoms with Crippen LogP contribution in [0.25, 0.3) is 0 Å². The maximum atomic E-state index is 11.7. The Morgan fingerprint density at radius 2 is 1.95 bits per heavy atom. The number of ether oxygens (including phenoxy) is 1. The minimum absolute atomic E-state index is 0.143. The highest BCUT2D eigenvalue weighted by atomic mass is 16.5. The van der Waals surface area contributed by atoms with Gasteiger partial charge < -0.3 is 26.4 Å². The third kappa shape index (κ3) is 6.62. The van der Waals surface area contributed by atoms with Crippen molar-refractivity contribution in [1.82, 2.24) is 10.6 Å². The van der Waals surface area contributed by atoms with E-state index >= 15 is 0 Å². The number of nitrogens with two attached hydrogens (primary N) is 1. The van der Waals surface area contributed by atoms with Crippen LogP contribution < -0.4 is 21.7 Å². The zero-order valence-electron chi connectivity index (χ0n) is 12.3. The molecule has 1 rings (SSSR count). The van der Waals surface area contributed by atoms with Crippen molar-refractivity contribution < 1.29 is 14.3 Å². The molecule has 0 unspecified atom stereocenters. The number of amides is 4. The second-order valence-electron chi connectivity index (χ2n) is 4.58. The van der Waals surface area contributed by atoms with Gasteiger partial charge in [0.05, 0.1) is 6.04 Å². The van der Waals surface area contributed by atoms with Crippen molar-refractivity contribution >= 4 is 17.7 Å². The summed E-state index contributed by atoms with van der Waals surface area (Å²) in [6.07, 6.45) is 0.770. The van der Waals surface area contributed by atoms with E-state index in [4.69, 9.17) is 10.5 Å². The number of rotatable bonds is 7. The number of methoxy groups -OCH3 is 1. The van der Waals surface area contributed by atoms with Gasteiger partial charge in [0.1, 0.15) is 0 Å². The molecule has 1 atom stereocenters. The summed E-state index contributed by atoms with van der Waals surface area (Å²) < 4.78 is 4.90. The molecule has 0 heterocycles. The molecule has 5 N–H and O–H groups in total. The monoisotopic (exact) mass is 294 g/mol. The van der Waals surface area contributed by atoms with Crippen LogP contribution in [0.5, 0.6) is 0 Å². The zero-order valence-corrected chi connectivity index (χ0v) is 12.3. The molecular formula is C14H22N4O3. The quantitative estimate of drug-likeness (QED) is 0.574. The predicted octanol–water partition coefficient (Wildman–Crippen LogP) is 1.57. The van der Waals surface area contributed by atoms with Gasteiger partial charge in [0, 0.05) is 25.9 Å². The summed E-state index contributed by atoms with van der Waals surface area (Å²) in [7, 11) is 1.62. The molecule has 0 fully saturated rings. The second kappa shape index (κ2) is 8.80. The van der Waals surface area contributed by atoms with Crippen molar-refractivity contribution in [1.29, 1.82) is 0 Å². The average molecular weight is 294 g/mol. The van der Waals surface area contributed by atoms with Crippen LogP contribution in [-0.2, 0) is 4.74 Å². The molecule has 0 aliphatic rings. The van der Waals surface area contributed by atoms with Crippen LogP contribution >= 0.6 is 0 Å². The fourth-order valence-corrected chi connectivity index (χ4v) is 1.75. The lowest BCUT2D eigenvalue weighted by atomic mass is 10.1. The lowest BCUT2D eigenvalue weighted by Gasteiger charge is -2.15. The number of urea groups is 2. The molecule has 1 aromatic carbocycles. The Hall–Kier alpha value is -2.28. The highest BCUT2D eigenvalue weighted by Crippen LogP contribution is 2.15. The summed E-state index contributed by atoms with van der Waals surface area (Å²) in [5, 5.41) is 8.06. The van der Waals surface area contributed by atoms with E-state index < -0.39 is 6.03 Å². The fraction of sp³-hybridized carbons (Fsp3) is 0.429. The van der Waals surface area contributed by atoms with E-state index in [1.54, 1.807) is 19.2 Å². The van der Waals surface area contributed by atoms with Crippen LogP contribution in [-0.4, -0.2) is 32.3 Å². The molecule has 0 bridgehead atoms. The third-order valence-electron chi connectivity index (χ3n) is 2.84. The zero-order chi connectivity index (χ0) is 15.7. The van der Waals surface area contributed by atoms with Crippen LogP contribution in [0.4, 0.5) is 15.3 Å². The van der Waals surface area contributed by atoms with Gasteiger partial charge >= 0.3 is 12.1 Å². The van der Waals surface area contributed by atoms with E-state index in [2.05, 4.69) is 16.0 Å². The fourth-order valence-electron chi connectivity index (χ4n) is 1.75. The first kappa shape index (κ1) is 16.8. The Balaban J connectivity index is 2.42. The number of carbonyl (C=O) groups is 2. The molecule has 0 aliphatic heterocycles. The Bertz CT molecular complexity index is 462. The molecule has 0 saturated carbocycles. The molecule has 0 aliphatic carbocycles. The summed E-state index contributed by atoms with van der Waals surface area (Å²) in [5.41, 5.74) is 6.57. The standard InChI is InChI=1S/C14H22N4O3/c1-10(17-14(20)16-8-3-9-21-2)11-4-6-12(7-5-11)18-13(15)19/h4-7,10H,3,8-9H2,1-2H3,(H3,15,18,19)(H2,16,17,20)/t10-/m0/s1. The maximum Gasteiger partial charge on any atom is 0.316 e. The van der Waals surface area contributed by atoms with Gasteiger partial charge in [0.25, 0.3) is 0 Å².